The van der Waals surface area contributed by atoms with Crippen LogP contribution in [0.15, 0.2) is 30.5 Å². The maximum absolute atomic E-state index is 12.2. The third-order valence-electron chi connectivity index (χ3n) is 4.45. The Bertz CT molecular complexity index is 1010. The van der Waals surface area contributed by atoms with Gasteiger partial charge in [-0.05, 0) is 49.6 Å². The molecule has 0 spiro atoms. The first-order valence-corrected chi connectivity index (χ1v) is 9.06. The van der Waals surface area contributed by atoms with Gasteiger partial charge in [-0.15, -0.1) is 0 Å². The first kappa shape index (κ1) is 17.5. The van der Waals surface area contributed by atoms with E-state index in [0.29, 0.717) is 29.7 Å². The number of carbonyl (C=O) groups excluding carboxylic acids is 1. The molecule has 0 atom stereocenters. The van der Waals surface area contributed by atoms with Crippen molar-refractivity contribution in [2.24, 2.45) is 7.05 Å². The van der Waals surface area contributed by atoms with E-state index in [1.807, 2.05) is 25.4 Å². The van der Waals surface area contributed by atoms with Crippen molar-refractivity contribution in [3.63, 3.8) is 0 Å². The van der Waals surface area contributed by atoms with Crippen LogP contribution in [0.2, 0.25) is 5.02 Å². The summed E-state index contributed by atoms with van der Waals surface area (Å²) >= 11 is 5.93. The van der Waals surface area contributed by atoms with Crippen molar-refractivity contribution in [3.8, 4) is 11.4 Å². The van der Waals surface area contributed by atoms with Gasteiger partial charge >= 0.3 is 5.97 Å². The number of nitrogens with one attached hydrogen (secondary N) is 1. The number of hydrogen-bond donors (Lipinski definition) is 1. The van der Waals surface area contributed by atoms with Crippen molar-refractivity contribution in [2.45, 2.75) is 19.8 Å². The molecule has 1 aliphatic rings. The Morgan fingerprint density at radius 3 is 2.81 bits per heavy atom. The molecule has 3 aromatic rings. The van der Waals surface area contributed by atoms with Crippen LogP contribution in [0.4, 0.5) is 11.6 Å². The van der Waals surface area contributed by atoms with E-state index in [9.17, 15) is 4.79 Å². The summed E-state index contributed by atoms with van der Waals surface area (Å²) in [5, 5.41) is 8.22. The summed E-state index contributed by atoms with van der Waals surface area (Å²) in [4.78, 5) is 21.3. The zero-order chi connectivity index (χ0) is 19.0. The molecule has 2 aromatic heterocycles. The summed E-state index contributed by atoms with van der Waals surface area (Å²) < 4.78 is 6.83. The third kappa shape index (κ3) is 3.26. The molecular formula is C19H18ClN5O2. The number of ether oxygens (including phenoxy) is 1. The number of anilines is 2. The van der Waals surface area contributed by atoms with E-state index in [-0.39, 0.29) is 0 Å². The zero-order valence-electron chi connectivity index (χ0n) is 15.0. The van der Waals surface area contributed by atoms with Crippen LogP contribution >= 0.6 is 11.6 Å². The first-order valence-electron chi connectivity index (χ1n) is 8.68. The Kier molecular flexibility index (Phi) is 4.53. The van der Waals surface area contributed by atoms with E-state index in [4.69, 9.17) is 16.3 Å². The number of nitrogens with zero attached hydrogens (tertiary/aromatic N) is 4. The summed E-state index contributed by atoms with van der Waals surface area (Å²) in [6.45, 7) is 2.10. The molecule has 27 heavy (non-hydrogen) atoms. The van der Waals surface area contributed by atoms with Crippen molar-refractivity contribution >= 4 is 29.2 Å². The predicted octanol–water partition coefficient (Wildman–Crippen LogP) is 3.55. The standard InChI is InChI=1S/C19H18ClN5O2/c1-3-27-18(26)16-14-9-4-11-10-21-19(22-13-7-5-12(20)6-8-13)23-15(11)17(14)25(2)24-16/h5-8,10H,3-4,9H2,1-2H3,(H,21,22,23). The Balaban J connectivity index is 1.72. The van der Waals surface area contributed by atoms with Crippen LogP contribution in [0, 0.1) is 0 Å². The summed E-state index contributed by atoms with van der Waals surface area (Å²) in [5.74, 6) is 0.0779. The number of aryl methyl sites for hydroxylation is 2. The molecule has 0 radical (unpaired) electrons. The Labute approximate surface area is 161 Å². The molecule has 7 nitrogen and oxygen atoms in total. The molecule has 0 saturated carbocycles. The quantitative estimate of drug-likeness (QED) is 0.694. The Morgan fingerprint density at radius 1 is 1.30 bits per heavy atom. The lowest BCUT2D eigenvalue weighted by molar-refractivity contribution is 0.0517. The van der Waals surface area contributed by atoms with Crippen LogP contribution in [0.25, 0.3) is 11.4 Å². The highest BCUT2D eigenvalue weighted by Gasteiger charge is 2.29. The molecule has 1 N–H and O–H groups in total. The van der Waals surface area contributed by atoms with Gasteiger partial charge in [0.25, 0.3) is 0 Å². The van der Waals surface area contributed by atoms with Gasteiger partial charge < -0.3 is 10.1 Å². The van der Waals surface area contributed by atoms with Crippen molar-refractivity contribution in [1.29, 1.82) is 0 Å². The molecule has 0 amide bonds. The summed E-state index contributed by atoms with van der Waals surface area (Å²) in [5.41, 5.74) is 4.73. The topological polar surface area (TPSA) is 81.9 Å². The number of rotatable bonds is 4. The molecule has 8 heteroatoms. The van der Waals surface area contributed by atoms with E-state index in [1.54, 1.807) is 23.7 Å². The van der Waals surface area contributed by atoms with E-state index < -0.39 is 5.97 Å². The van der Waals surface area contributed by atoms with E-state index in [2.05, 4.69) is 20.4 Å². The van der Waals surface area contributed by atoms with Gasteiger partial charge in [0.2, 0.25) is 5.95 Å². The molecule has 1 aliphatic carbocycles. The van der Waals surface area contributed by atoms with Gasteiger partial charge in [-0.2, -0.15) is 5.10 Å². The van der Waals surface area contributed by atoms with Crippen LogP contribution in [0.3, 0.4) is 0 Å². The van der Waals surface area contributed by atoms with E-state index >= 15 is 0 Å². The fraction of sp³-hybridized carbons (Fsp3) is 0.263. The first-order chi connectivity index (χ1) is 13.1. The second kappa shape index (κ2) is 7.00. The highest BCUT2D eigenvalue weighted by molar-refractivity contribution is 6.30. The molecule has 4 rings (SSSR count). The SMILES string of the molecule is CCOC(=O)c1nn(C)c2c1CCc1cnc(Nc3ccc(Cl)cc3)nc1-2. The molecule has 0 aliphatic heterocycles. The van der Waals surface area contributed by atoms with Gasteiger partial charge in [-0.25, -0.2) is 14.8 Å². The number of fused-ring (bicyclic) bond motifs is 3. The zero-order valence-corrected chi connectivity index (χ0v) is 15.7. The number of carbonyl (C=O) groups is 1. The summed E-state index contributed by atoms with van der Waals surface area (Å²) in [6.07, 6.45) is 3.28. The molecule has 0 unspecified atom stereocenters. The van der Waals surface area contributed by atoms with Crippen LogP contribution in [-0.2, 0) is 24.6 Å². The second-order valence-corrected chi connectivity index (χ2v) is 6.66. The lowest BCUT2D eigenvalue weighted by atomic mass is 9.93. The van der Waals surface area contributed by atoms with Crippen molar-refractivity contribution in [2.75, 3.05) is 11.9 Å². The van der Waals surface area contributed by atoms with Gasteiger partial charge in [-0.3, -0.25) is 4.68 Å². The van der Waals surface area contributed by atoms with Crippen molar-refractivity contribution < 1.29 is 9.53 Å². The number of benzene rings is 1. The fourth-order valence-electron chi connectivity index (χ4n) is 3.24. The largest absolute Gasteiger partial charge is 0.461 e. The van der Waals surface area contributed by atoms with E-state index in [0.717, 1.165) is 34.6 Å². The maximum Gasteiger partial charge on any atom is 0.359 e. The number of halogens is 1. The van der Waals surface area contributed by atoms with Crippen LogP contribution < -0.4 is 5.32 Å². The van der Waals surface area contributed by atoms with Crippen LogP contribution in [0.5, 0.6) is 0 Å². The highest BCUT2D eigenvalue weighted by Crippen LogP contribution is 2.34. The molecule has 1 aromatic carbocycles. The molecule has 0 bridgehead atoms. The van der Waals surface area contributed by atoms with Gasteiger partial charge in [-0.1, -0.05) is 11.6 Å². The minimum Gasteiger partial charge on any atom is -0.461 e. The van der Waals surface area contributed by atoms with Gasteiger partial charge in [0.15, 0.2) is 5.69 Å². The minimum atomic E-state index is -0.397. The molecule has 2 heterocycles. The van der Waals surface area contributed by atoms with E-state index in [1.165, 1.54) is 0 Å². The molecule has 0 saturated heterocycles. The van der Waals surface area contributed by atoms with Crippen molar-refractivity contribution in [1.82, 2.24) is 19.7 Å². The lowest BCUT2D eigenvalue weighted by Crippen LogP contribution is -2.12. The number of esters is 1. The predicted molar refractivity (Wildman–Crippen MR) is 102 cm³/mol. The Hall–Kier alpha value is -2.93. The van der Waals surface area contributed by atoms with Crippen LogP contribution in [-0.4, -0.2) is 32.3 Å². The smallest absolute Gasteiger partial charge is 0.359 e. The molecular weight excluding hydrogens is 366 g/mol. The number of aromatic nitrogens is 4. The summed E-state index contributed by atoms with van der Waals surface area (Å²) in [7, 11) is 1.81. The number of hydrogen-bond acceptors (Lipinski definition) is 6. The average molecular weight is 384 g/mol. The fourth-order valence-corrected chi connectivity index (χ4v) is 3.37. The lowest BCUT2D eigenvalue weighted by Gasteiger charge is -2.17. The third-order valence-corrected chi connectivity index (χ3v) is 4.70. The van der Waals surface area contributed by atoms with Gasteiger partial charge in [0.05, 0.1) is 18.0 Å². The molecule has 0 fully saturated rings. The monoisotopic (exact) mass is 383 g/mol. The van der Waals surface area contributed by atoms with Crippen LogP contribution in [0.1, 0.15) is 28.5 Å². The summed E-state index contributed by atoms with van der Waals surface area (Å²) in [6, 6.07) is 7.32. The van der Waals surface area contributed by atoms with Gasteiger partial charge in [0, 0.05) is 29.5 Å². The highest BCUT2D eigenvalue weighted by atomic mass is 35.5. The maximum atomic E-state index is 12.2. The Morgan fingerprint density at radius 2 is 2.07 bits per heavy atom. The average Bonchev–Trinajstić information content (AvgIpc) is 3.01. The second-order valence-electron chi connectivity index (χ2n) is 6.22. The normalized spacial score (nSPS) is 12.3. The minimum absolute atomic E-state index is 0.318. The van der Waals surface area contributed by atoms with Crippen molar-refractivity contribution in [3.05, 3.63) is 52.3 Å². The van der Waals surface area contributed by atoms with Gasteiger partial charge in [0.1, 0.15) is 0 Å². The molecule has 138 valence electrons.